The topological polar surface area (TPSA) is 44.8 Å². The average Bonchev–Trinajstić information content (AvgIpc) is 3.17. The van der Waals surface area contributed by atoms with Gasteiger partial charge < -0.3 is 14.2 Å². The first-order chi connectivity index (χ1) is 11.3. The van der Waals surface area contributed by atoms with Crippen molar-refractivity contribution in [2.45, 2.75) is 12.8 Å². The fraction of sp³-hybridized carbons (Fsp3) is 0.316. The number of ether oxygens (including phenoxy) is 3. The summed E-state index contributed by atoms with van der Waals surface area (Å²) in [5.41, 5.74) is 2.32. The summed E-state index contributed by atoms with van der Waals surface area (Å²) in [5, 5.41) is 0. The molecule has 0 amide bonds. The van der Waals surface area contributed by atoms with Crippen LogP contribution in [0.5, 0.6) is 11.5 Å². The van der Waals surface area contributed by atoms with Gasteiger partial charge in [0.1, 0.15) is 0 Å². The molecular weight excluding hydrogens is 292 g/mol. The van der Waals surface area contributed by atoms with E-state index in [2.05, 4.69) is 12.1 Å². The maximum absolute atomic E-state index is 12.1. The van der Waals surface area contributed by atoms with Crippen molar-refractivity contribution in [2.24, 2.45) is 11.8 Å². The Bertz CT molecular complexity index is 711. The Labute approximate surface area is 135 Å². The van der Waals surface area contributed by atoms with Crippen LogP contribution in [0, 0.1) is 11.8 Å². The fourth-order valence-electron chi connectivity index (χ4n) is 3.29. The summed E-state index contributed by atoms with van der Waals surface area (Å²) < 4.78 is 16.1. The van der Waals surface area contributed by atoms with Crippen molar-refractivity contribution in [3.63, 3.8) is 0 Å². The third-order valence-corrected chi connectivity index (χ3v) is 4.54. The van der Waals surface area contributed by atoms with Crippen LogP contribution in [0.25, 0.3) is 0 Å². The number of hydrogen-bond acceptors (Lipinski definition) is 4. The van der Waals surface area contributed by atoms with Crippen LogP contribution < -0.4 is 9.47 Å². The van der Waals surface area contributed by atoms with Crippen LogP contribution >= 0.6 is 0 Å². The van der Waals surface area contributed by atoms with Gasteiger partial charge in [0.25, 0.3) is 0 Å². The Morgan fingerprint density at radius 1 is 0.870 bits per heavy atom. The van der Waals surface area contributed by atoms with E-state index in [4.69, 9.17) is 14.2 Å². The molecule has 4 heteroatoms. The number of esters is 1. The maximum Gasteiger partial charge on any atom is 0.309 e. The summed E-state index contributed by atoms with van der Waals surface area (Å²) >= 11 is 0. The van der Waals surface area contributed by atoms with Gasteiger partial charge in [0.15, 0.2) is 11.5 Å². The number of carbonyl (C=O) groups is 1. The molecule has 0 saturated carbocycles. The van der Waals surface area contributed by atoms with E-state index in [1.54, 1.807) is 0 Å². The Morgan fingerprint density at radius 3 is 2.57 bits per heavy atom. The van der Waals surface area contributed by atoms with Crippen molar-refractivity contribution in [1.29, 1.82) is 0 Å². The van der Waals surface area contributed by atoms with Gasteiger partial charge in [-0.05, 0) is 36.1 Å². The van der Waals surface area contributed by atoms with Crippen LogP contribution in [0.1, 0.15) is 11.1 Å². The monoisotopic (exact) mass is 310 g/mol. The van der Waals surface area contributed by atoms with E-state index in [1.807, 2.05) is 36.4 Å². The standard InChI is InChI=1S/C19H18O4/c20-19-16(9-13-4-2-1-3-5-13)15(11-21-19)8-14-6-7-17-18(10-14)23-12-22-17/h1-7,10,15-16H,8-9,11-12H2/t15-,16+/m1/s1. The van der Waals surface area contributed by atoms with Gasteiger partial charge in [0, 0.05) is 5.92 Å². The molecule has 0 aliphatic carbocycles. The van der Waals surface area contributed by atoms with Gasteiger partial charge >= 0.3 is 5.97 Å². The largest absolute Gasteiger partial charge is 0.465 e. The van der Waals surface area contributed by atoms with E-state index >= 15 is 0 Å². The van der Waals surface area contributed by atoms with Crippen molar-refractivity contribution < 1.29 is 19.0 Å². The van der Waals surface area contributed by atoms with Gasteiger partial charge in [0.2, 0.25) is 6.79 Å². The molecule has 2 aliphatic rings. The molecule has 0 unspecified atom stereocenters. The first kappa shape index (κ1) is 14.1. The number of cyclic esters (lactones) is 1. The summed E-state index contributed by atoms with van der Waals surface area (Å²) in [7, 11) is 0. The van der Waals surface area contributed by atoms with E-state index in [0.29, 0.717) is 6.61 Å². The number of hydrogen-bond donors (Lipinski definition) is 0. The minimum Gasteiger partial charge on any atom is -0.465 e. The van der Waals surface area contributed by atoms with Crippen molar-refractivity contribution in [2.75, 3.05) is 13.4 Å². The van der Waals surface area contributed by atoms with Crippen molar-refractivity contribution >= 4 is 5.97 Å². The quantitative estimate of drug-likeness (QED) is 0.814. The van der Waals surface area contributed by atoms with Crippen LogP contribution in [-0.4, -0.2) is 19.4 Å². The van der Waals surface area contributed by atoms with Crippen LogP contribution in [0.15, 0.2) is 48.5 Å². The van der Waals surface area contributed by atoms with Crippen LogP contribution in [0.4, 0.5) is 0 Å². The first-order valence-electron chi connectivity index (χ1n) is 7.89. The Hall–Kier alpha value is -2.49. The highest BCUT2D eigenvalue weighted by Gasteiger charge is 2.36. The molecule has 0 bridgehead atoms. The maximum atomic E-state index is 12.1. The van der Waals surface area contributed by atoms with Gasteiger partial charge in [-0.1, -0.05) is 36.4 Å². The first-order valence-corrected chi connectivity index (χ1v) is 7.89. The summed E-state index contributed by atoms with van der Waals surface area (Å²) in [6.07, 6.45) is 1.54. The summed E-state index contributed by atoms with van der Waals surface area (Å²) in [6.45, 7) is 0.769. The fourth-order valence-corrected chi connectivity index (χ4v) is 3.29. The smallest absolute Gasteiger partial charge is 0.309 e. The molecule has 23 heavy (non-hydrogen) atoms. The van der Waals surface area contributed by atoms with Crippen LogP contribution in [0.2, 0.25) is 0 Å². The molecule has 2 aromatic carbocycles. The van der Waals surface area contributed by atoms with E-state index < -0.39 is 0 Å². The predicted octanol–water partition coefficient (Wildman–Crippen LogP) is 2.99. The van der Waals surface area contributed by atoms with Gasteiger partial charge in [-0.2, -0.15) is 0 Å². The normalized spacial score (nSPS) is 22.2. The van der Waals surface area contributed by atoms with Gasteiger partial charge in [-0.15, -0.1) is 0 Å². The molecule has 0 N–H and O–H groups in total. The minimum absolute atomic E-state index is 0.0807. The number of fused-ring (bicyclic) bond motifs is 1. The Balaban J connectivity index is 1.50. The van der Waals surface area contributed by atoms with E-state index in [1.165, 1.54) is 5.56 Å². The van der Waals surface area contributed by atoms with E-state index in [0.717, 1.165) is 29.9 Å². The zero-order chi connectivity index (χ0) is 15.6. The lowest BCUT2D eigenvalue weighted by molar-refractivity contribution is -0.141. The second-order valence-electron chi connectivity index (χ2n) is 6.08. The molecule has 118 valence electrons. The number of carbonyl (C=O) groups excluding carboxylic acids is 1. The molecule has 0 radical (unpaired) electrons. The van der Waals surface area contributed by atoms with Crippen molar-refractivity contribution in [3.8, 4) is 11.5 Å². The molecule has 2 aliphatic heterocycles. The zero-order valence-corrected chi connectivity index (χ0v) is 12.7. The predicted molar refractivity (Wildman–Crippen MR) is 84.4 cm³/mol. The highest BCUT2D eigenvalue weighted by atomic mass is 16.7. The van der Waals surface area contributed by atoms with Crippen molar-refractivity contribution in [3.05, 3.63) is 59.7 Å². The van der Waals surface area contributed by atoms with Gasteiger partial charge in [0.05, 0.1) is 12.5 Å². The Morgan fingerprint density at radius 2 is 1.70 bits per heavy atom. The molecular formula is C19H18O4. The lowest BCUT2D eigenvalue weighted by atomic mass is 9.85. The third-order valence-electron chi connectivity index (χ3n) is 4.54. The summed E-state index contributed by atoms with van der Waals surface area (Å²) in [6, 6.07) is 16.1. The van der Waals surface area contributed by atoms with Gasteiger partial charge in [-0.25, -0.2) is 0 Å². The Kier molecular flexibility index (Phi) is 3.66. The van der Waals surface area contributed by atoms with E-state index in [9.17, 15) is 4.79 Å². The van der Waals surface area contributed by atoms with Crippen molar-refractivity contribution in [1.82, 2.24) is 0 Å². The molecule has 4 nitrogen and oxygen atoms in total. The molecule has 4 rings (SSSR count). The highest BCUT2D eigenvalue weighted by Crippen LogP contribution is 2.35. The molecule has 1 saturated heterocycles. The molecule has 1 fully saturated rings. The molecule has 0 spiro atoms. The minimum atomic E-state index is -0.0837. The SMILES string of the molecule is O=C1OC[C@@H](Cc2ccc3c(c2)OCO3)[C@@H]1Cc1ccccc1. The van der Waals surface area contributed by atoms with E-state index in [-0.39, 0.29) is 24.6 Å². The highest BCUT2D eigenvalue weighted by molar-refractivity contribution is 5.75. The van der Waals surface area contributed by atoms with Crippen LogP contribution in [-0.2, 0) is 22.4 Å². The lowest BCUT2D eigenvalue weighted by Crippen LogP contribution is -2.20. The molecule has 0 aromatic heterocycles. The molecule has 2 atom stereocenters. The summed E-state index contributed by atoms with van der Waals surface area (Å²) in [5.74, 6) is 1.60. The lowest BCUT2D eigenvalue weighted by Gasteiger charge is -2.15. The third kappa shape index (κ3) is 2.89. The average molecular weight is 310 g/mol. The molecule has 2 aromatic rings. The van der Waals surface area contributed by atoms with Crippen LogP contribution in [0.3, 0.4) is 0 Å². The second kappa shape index (κ2) is 5.95. The zero-order valence-electron chi connectivity index (χ0n) is 12.7. The number of benzene rings is 2. The second-order valence-corrected chi connectivity index (χ2v) is 6.08. The summed E-state index contributed by atoms with van der Waals surface area (Å²) in [4.78, 5) is 12.1. The van der Waals surface area contributed by atoms with Gasteiger partial charge in [-0.3, -0.25) is 4.79 Å². The molecule has 2 heterocycles. The number of rotatable bonds is 4.